The molecule has 74 valence electrons. The molecule has 1 aromatic heterocycles. The number of anilines is 1. The van der Waals surface area contributed by atoms with E-state index in [9.17, 15) is 5.11 Å². The molecule has 3 N–H and O–H groups in total. The van der Waals surface area contributed by atoms with Crippen LogP contribution in [0.25, 0.3) is 5.69 Å². The van der Waals surface area contributed by atoms with E-state index in [1.165, 1.54) is 6.39 Å². The van der Waals surface area contributed by atoms with Crippen molar-refractivity contribution in [1.82, 2.24) is 0 Å². The van der Waals surface area contributed by atoms with Gasteiger partial charge in [0.15, 0.2) is 0 Å². The van der Waals surface area contributed by atoms with E-state index in [0.717, 1.165) is 5.69 Å². The molecule has 0 aliphatic rings. The van der Waals surface area contributed by atoms with Gasteiger partial charge >= 0.3 is 103 Å². The van der Waals surface area contributed by atoms with Gasteiger partial charge < -0.3 is 0 Å². The van der Waals surface area contributed by atoms with Crippen molar-refractivity contribution in [3.8, 4) is 11.6 Å². The first-order chi connectivity index (χ1) is 7.24. The van der Waals surface area contributed by atoms with Gasteiger partial charge in [0.05, 0.1) is 0 Å². The Hall–Kier alpha value is -0.745. The summed E-state index contributed by atoms with van der Waals surface area (Å²) in [5.74, 6) is -0.0880. The van der Waals surface area contributed by atoms with Gasteiger partial charge in [-0.05, 0) is 0 Å². The number of hydrogen-bond donors (Lipinski definition) is 2. The van der Waals surface area contributed by atoms with Gasteiger partial charge in [0.25, 0.3) is 0 Å². The van der Waals surface area contributed by atoms with Crippen LogP contribution in [-0.4, -0.2) is 5.11 Å². The number of nitrogen functional groups attached to an aromatic ring is 1. The molecule has 0 saturated carbocycles. The Kier molecular flexibility index (Phi) is 3.16. The third-order valence-corrected chi connectivity index (χ3v) is 7.84. The van der Waals surface area contributed by atoms with Crippen LogP contribution in [-0.2, 0) is 23.3 Å². The summed E-state index contributed by atoms with van der Waals surface area (Å²) in [5.41, 5.74) is 7.24. The van der Waals surface area contributed by atoms with E-state index in [0.29, 0.717) is 8.89 Å². The normalized spacial score (nSPS) is 9.93. The zero-order valence-corrected chi connectivity index (χ0v) is 14.1. The van der Waals surface area contributed by atoms with Crippen molar-refractivity contribution < 1.29 is 37.4 Å². The van der Waals surface area contributed by atoms with Crippen LogP contribution in [0.15, 0.2) is 35.1 Å². The second-order valence-electron chi connectivity index (χ2n) is 3.04. The fraction of sp³-hybridized carbons (Fsp3) is 0. The van der Waals surface area contributed by atoms with Crippen LogP contribution < -0.4 is 13.5 Å². The number of para-hydroxylation sites is 2. The van der Waals surface area contributed by atoms with E-state index < -0.39 is 23.3 Å². The van der Waals surface area contributed by atoms with Gasteiger partial charge in [-0.25, -0.2) is 0 Å². The second kappa shape index (κ2) is 4.41. The first-order valence-corrected chi connectivity index (χ1v) is 13.9. The summed E-state index contributed by atoms with van der Waals surface area (Å²) in [6.45, 7) is 0. The topological polar surface area (TPSA) is 63.3 Å². The standard InChI is InChI=1S/C9H8N2O2.ClH.Hg/c10-7-3-1-2-4-8(7)11-5-9(12)13-6-11;;/h1-4,6,12H,10H2;1H;/q+1;;+1/p-1. The van der Waals surface area contributed by atoms with Crippen LogP contribution in [0.1, 0.15) is 0 Å². The number of halogens is 1. The molecular formula is C9H8ClHgN2O2+. The minimum absolute atomic E-state index is 0.0880. The van der Waals surface area contributed by atoms with Gasteiger partial charge in [0.2, 0.25) is 0 Å². The molecule has 0 aliphatic carbocycles. The minimum atomic E-state index is -1.77. The third-order valence-electron chi connectivity index (χ3n) is 2.13. The van der Waals surface area contributed by atoms with Crippen LogP contribution >= 0.6 is 8.25 Å². The molecule has 0 aliphatic heterocycles. The zero-order chi connectivity index (χ0) is 10.8. The second-order valence-corrected chi connectivity index (χ2v) is 9.03. The molecule has 1 aromatic carbocycles. The predicted octanol–water partition coefficient (Wildman–Crippen LogP) is 0.706. The predicted molar refractivity (Wildman–Crippen MR) is 51.8 cm³/mol. The average Bonchev–Trinajstić information content (AvgIpc) is 2.60. The van der Waals surface area contributed by atoms with E-state index in [4.69, 9.17) is 18.4 Å². The monoisotopic (exact) mass is 413 g/mol. The van der Waals surface area contributed by atoms with E-state index in [2.05, 4.69) is 0 Å². The molecule has 0 atom stereocenters. The summed E-state index contributed by atoms with van der Waals surface area (Å²) in [6.07, 6.45) is 1.43. The SMILES string of the molecule is Nc1ccccc1-[n+]1coc(O)[c]1[Hg][Cl]. The van der Waals surface area contributed by atoms with E-state index in [1.54, 1.807) is 10.6 Å². The number of benzene rings is 1. The maximum absolute atomic E-state index is 9.43. The molecule has 0 unspecified atom stereocenters. The van der Waals surface area contributed by atoms with Gasteiger partial charge in [-0.3, -0.25) is 0 Å². The van der Waals surface area contributed by atoms with Crippen molar-refractivity contribution in [3.05, 3.63) is 30.7 Å². The molecule has 1 heterocycles. The number of aromatic nitrogens is 1. The molecule has 0 radical (unpaired) electrons. The van der Waals surface area contributed by atoms with Gasteiger partial charge in [-0.15, -0.1) is 0 Å². The quantitative estimate of drug-likeness (QED) is 0.434. The van der Waals surface area contributed by atoms with Gasteiger partial charge in [-0.2, -0.15) is 0 Å². The molecule has 0 saturated heterocycles. The number of nitrogens with two attached hydrogens (primary N) is 1. The van der Waals surface area contributed by atoms with Crippen molar-refractivity contribution in [3.63, 3.8) is 0 Å². The van der Waals surface area contributed by atoms with Crippen LogP contribution in [0.4, 0.5) is 5.69 Å². The summed E-state index contributed by atoms with van der Waals surface area (Å²) < 4.78 is 7.35. The Bertz CT molecular complexity index is 487. The molecule has 2 rings (SSSR count). The van der Waals surface area contributed by atoms with Crippen molar-refractivity contribution >= 4 is 17.1 Å². The average molecular weight is 412 g/mol. The first-order valence-electron chi connectivity index (χ1n) is 4.36. The number of hydrogen-bond acceptors (Lipinski definition) is 3. The number of aromatic hydroxyl groups is 1. The molecule has 0 fully saturated rings. The molecular weight excluding hydrogens is 404 g/mol. The number of rotatable bonds is 2. The first kappa shape index (κ1) is 10.8. The van der Waals surface area contributed by atoms with E-state index in [-0.39, 0.29) is 5.95 Å². The third kappa shape index (κ3) is 1.96. The van der Waals surface area contributed by atoms with Crippen LogP contribution in [0.2, 0.25) is 0 Å². The van der Waals surface area contributed by atoms with Crippen LogP contribution in [0.5, 0.6) is 5.95 Å². The molecule has 0 amide bonds. The number of oxazole rings is 1. The Morgan fingerprint density at radius 1 is 1.40 bits per heavy atom. The Morgan fingerprint density at radius 2 is 2.13 bits per heavy atom. The van der Waals surface area contributed by atoms with Crippen LogP contribution in [0.3, 0.4) is 0 Å². The summed E-state index contributed by atoms with van der Waals surface area (Å²) in [4.78, 5) is 0. The molecule has 2 aromatic rings. The molecule has 0 spiro atoms. The van der Waals surface area contributed by atoms with E-state index >= 15 is 0 Å². The molecule has 15 heavy (non-hydrogen) atoms. The summed E-state index contributed by atoms with van der Waals surface area (Å²) in [5, 5.41) is 9.43. The van der Waals surface area contributed by atoms with Crippen molar-refractivity contribution in [2.45, 2.75) is 0 Å². The molecule has 4 nitrogen and oxygen atoms in total. The molecule has 0 bridgehead atoms. The van der Waals surface area contributed by atoms with Crippen LogP contribution in [0, 0.1) is 0 Å². The Labute approximate surface area is 102 Å². The van der Waals surface area contributed by atoms with Gasteiger partial charge in [0.1, 0.15) is 0 Å². The number of nitrogens with zero attached hydrogens (tertiary/aromatic N) is 1. The van der Waals surface area contributed by atoms with Crippen molar-refractivity contribution in [1.29, 1.82) is 0 Å². The maximum atomic E-state index is 9.43. The van der Waals surface area contributed by atoms with Gasteiger partial charge in [-0.1, -0.05) is 0 Å². The summed E-state index contributed by atoms with van der Waals surface area (Å²) >= 11 is -1.77. The Balaban J connectivity index is 2.59. The summed E-state index contributed by atoms with van der Waals surface area (Å²) in [7, 11) is 5.92. The van der Waals surface area contributed by atoms with Gasteiger partial charge in [0, 0.05) is 0 Å². The van der Waals surface area contributed by atoms with Crippen molar-refractivity contribution in [2.24, 2.45) is 0 Å². The Morgan fingerprint density at radius 3 is 2.80 bits per heavy atom. The fourth-order valence-electron chi connectivity index (χ4n) is 1.37. The molecule has 6 heteroatoms. The zero-order valence-electron chi connectivity index (χ0n) is 7.85. The fourth-order valence-corrected chi connectivity index (χ4v) is 5.72. The summed E-state index contributed by atoms with van der Waals surface area (Å²) in [6, 6.07) is 7.37. The van der Waals surface area contributed by atoms with E-state index in [1.807, 2.05) is 18.2 Å². The van der Waals surface area contributed by atoms with Crippen molar-refractivity contribution in [2.75, 3.05) is 5.73 Å².